The summed E-state index contributed by atoms with van der Waals surface area (Å²) < 4.78 is 114. The number of rotatable bonds is 8. The fraction of sp³-hybridized carbons (Fsp3) is 0.192. The SMILES string of the molecule is COc1ccc(-c2oc3ccc(CCC(=O)Oc4c(F)c(F)c(F)c(F)c4F)cc3c2S(C)(=O)=O)cc1OC. The third kappa shape index (κ3) is 5.26. The number of halogens is 5. The van der Waals surface area contributed by atoms with Gasteiger partial charge in [0, 0.05) is 23.6 Å². The molecule has 1 aromatic heterocycles. The second kappa shape index (κ2) is 10.6. The first-order valence-corrected chi connectivity index (χ1v) is 13.0. The van der Waals surface area contributed by atoms with Crippen molar-refractivity contribution >= 4 is 26.8 Å². The van der Waals surface area contributed by atoms with Crippen LogP contribution in [-0.2, 0) is 21.1 Å². The first-order valence-electron chi connectivity index (χ1n) is 11.1. The number of aryl methyl sites for hydroxylation is 1. The molecule has 4 aromatic rings. The standard InChI is InChI=1S/C26H19F5O7S/c1-35-16-8-6-13(11-17(16)36-2)24-26(39(3,33)34)14-10-12(4-7-15(14)37-24)5-9-18(32)38-25-22(30)20(28)19(27)21(29)23(25)31/h4,6-8,10-11H,5,9H2,1-3H3. The van der Waals surface area contributed by atoms with E-state index in [4.69, 9.17) is 13.9 Å². The maximum atomic E-state index is 13.8. The van der Waals surface area contributed by atoms with Gasteiger partial charge in [-0.05, 0) is 42.3 Å². The molecular formula is C26H19F5O7S. The van der Waals surface area contributed by atoms with Crippen LogP contribution in [0.5, 0.6) is 17.2 Å². The van der Waals surface area contributed by atoms with E-state index in [0.29, 0.717) is 22.6 Å². The van der Waals surface area contributed by atoms with E-state index in [9.17, 15) is 35.2 Å². The average Bonchev–Trinajstić information content (AvgIpc) is 3.31. The van der Waals surface area contributed by atoms with Gasteiger partial charge in [0.15, 0.2) is 27.1 Å². The number of sulfone groups is 1. The molecule has 4 rings (SSSR count). The zero-order valence-electron chi connectivity index (χ0n) is 20.5. The molecule has 0 bridgehead atoms. The molecule has 0 amide bonds. The van der Waals surface area contributed by atoms with E-state index in [-0.39, 0.29) is 28.0 Å². The molecule has 0 fully saturated rings. The van der Waals surface area contributed by atoms with Gasteiger partial charge in [0.05, 0.1) is 14.2 Å². The minimum absolute atomic E-state index is 0.0383. The van der Waals surface area contributed by atoms with Crippen molar-refractivity contribution in [2.24, 2.45) is 0 Å². The van der Waals surface area contributed by atoms with Crippen molar-refractivity contribution in [3.05, 3.63) is 71.0 Å². The summed E-state index contributed by atoms with van der Waals surface area (Å²) in [6.45, 7) is 0. The van der Waals surface area contributed by atoms with Gasteiger partial charge in [-0.2, -0.15) is 8.78 Å². The Morgan fingerprint density at radius 2 is 1.46 bits per heavy atom. The Hall–Kier alpha value is -4.13. The lowest BCUT2D eigenvalue weighted by Gasteiger charge is -2.09. The quantitative estimate of drug-likeness (QED) is 0.0876. The summed E-state index contributed by atoms with van der Waals surface area (Å²) in [6.07, 6.45) is 0.347. The largest absolute Gasteiger partial charge is 0.493 e. The number of furan rings is 1. The van der Waals surface area contributed by atoms with Gasteiger partial charge in [-0.25, -0.2) is 21.6 Å². The number of carbonyl (C=O) groups excluding carboxylic acids is 1. The first-order chi connectivity index (χ1) is 18.4. The molecule has 0 radical (unpaired) electrons. The second-order valence-corrected chi connectivity index (χ2v) is 10.3. The summed E-state index contributed by atoms with van der Waals surface area (Å²) in [5.74, 6) is -13.6. The molecule has 0 saturated heterocycles. The van der Waals surface area contributed by atoms with Crippen molar-refractivity contribution in [3.8, 4) is 28.6 Å². The van der Waals surface area contributed by atoms with Crippen LogP contribution in [0.15, 0.2) is 45.7 Å². The molecule has 7 nitrogen and oxygen atoms in total. The molecular weight excluding hydrogens is 551 g/mol. The number of hydrogen-bond donors (Lipinski definition) is 0. The van der Waals surface area contributed by atoms with Gasteiger partial charge in [-0.15, -0.1) is 0 Å². The molecule has 39 heavy (non-hydrogen) atoms. The van der Waals surface area contributed by atoms with Crippen LogP contribution in [0.2, 0.25) is 0 Å². The topological polar surface area (TPSA) is 92.0 Å². The summed E-state index contributed by atoms with van der Waals surface area (Å²) in [7, 11) is -0.989. The Labute approximate surface area is 218 Å². The Kier molecular flexibility index (Phi) is 7.55. The Morgan fingerprint density at radius 3 is 2.05 bits per heavy atom. The molecule has 0 N–H and O–H groups in total. The van der Waals surface area contributed by atoms with Gasteiger partial charge in [0.2, 0.25) is 34.8 Å². The van der Waals surface area contributed by atoms with Crippen molar-refractivity contribution in [3.63, 3.8) is 0 Å². The number of benzene rings is 3. The molecule has 0 spiro atoms. The Balaban J connectivity index is 1.65. The van der Waals surface area contributed by atoms with Crippen molar-refractivity contribution in [2.75, 3.05) is 20.5 Å². The van der Waals surface area contributed by atoms with Crippen LogP contribution in [0.25, 0.3) is 22.3 Å². The lowest BCUT2D eigenvalue weighted by Crippen LogP contribution is -2.14. The van der Waals surface area contributed by atoms with Gasteiger partial charge >= 0.3 is 5.97 Å². The van der Waals surface area contributed by atoms with E-state index >= 15 is 0 Å². The van der Waals surface area contributed by atoms with Crippen LogP contribution < -0.4 is 14.2 Å². The number of methoxy groups -OCH3 is 2. The van der Waals surface area contributed by atoms with Crippen LogP contribution >= 0.6 is 0 Å². The van der Waals surface area contributed by atoms with Crippen molar-refractivity contribution in [2.45, 2.75) is 17.7 Å². The monoisotopic (exact) mass is 570 g/mol. The van der Waals surface area contributed by atoms with Crippen molar-refractivity contribution in [1.82, 2.24) is 0 Å². The van der Waals surface area contributed by atoms with Gasteiger partial charge in [-0.1, -0.05) is 6.07 Å². The van der Waals surface area contributed by atoms with E-state index in [1.54, 1.807) is 18.2 Å². The molecule has 0 aliphatic carbocycles. The second-order valence-electron chi connectivity index (χ2n) is 8.31. The Bertz CT molecular complexity index is 1680. The zero-order chi connectivity index (χ0) is 28.6. The summed E-state index contributed by atoms with van der Waals surface area (Å²) in [6, 6.07) is 9.15. The van der Waals surface area contributed by atoms with Gasteiger partial charge < -0.3 is 18.6 Å². The highest BCUT2D eigenvalue weighted by molar-refractivity contribution is 7.91. The lowest BCUT2D eigenvalue weighted by molar-refractivity contribution is -0.134. The van der Waals surface area contributed by atoms with Crippen molar-refractivity contribution < 1.29 is 53.8 Å². The van der Waals surface area contributed by atoms with Crippen LogP contribution in [0, 0.1) is 29.1 Å². The molecule has 0 atom stereocenters. The summed E-state index contributed by atoms with van der Waals surface area (Å²) >= 11 is 0. The number of carbonyl (C=O) groups is 1. The third-order valence-corrected chi connectivity index (χ3v) is 6.87. The lowest BCUT2D eigenvalue weighted by atomic mass is 10.1. The molecule has 0 saturated carbocycles. The smallest absolute Gasteiger partial charge is 0.311 e. The molecule has 206 valence electrons. The fourth-order valence-electron chi connectivity index (χ4n) is 3.90. The fourth-order valence-corrected chi connectivity index (χ4v) is 4.95. The van der Waals surface area contributed by atoms with E-state index in [1.807, 2.05) is 0 Å². The maximum absolute atomic E-state index is 13.8. The molecule has 0 aliphatic heterocycles. The van der Waals surface area contributed by atoms with E-state index < -0.39 is 57.1 Å². The number of hydrogen-bond acceptors (Lipinski definition) is 7. The molecule has 0 aliphatic rings. The van der Waals surface area contributed by atoms with E-state index in [0.717, 1.165) is 6.26 Å². The predicted octanol–water partition coefficient (Wildman–Crippen LogP) is 5.75. The Morgan fingerprint density at radius 1 is 0.846 bits per heavy atom. The summed E-state index contributed by atoms with van der Waals surface area (Å²) in [5, 5.41) is 0.202. The molecule has 13 heteroatoms. The number of esters is 1. The minimum atomic E-state index is -3.85. The van der Waals surface area contributed by atoms with Crippen molar-refractivity contribution in [1.29, 1.82) is 0 Å². The van der Waals surface area contributed by atoms with Gasteiger partial charge in [0.1, 0.15) is 10.5 Å². The van der Waals surface area contributed by atoms with Crippen LogP contribution in [0.4, 0.5) is 22.0 Å². The number of ether oxygens (including phenoxy) is 3. The van der Waals surface area contributed by atoms with Gasteiger partial charge in [-0.3, -0.25) is 4.79 Å². The maximum Gasteiger partial charge on any atom is 0.311 e. The number of fused-ring (bicyclic) bond motifs is 1. The zero-order valence-corrected chi connectivity index (χ0v) is 21.4. The predicted molar refractivity (Wildman–Crippen MR) is 128 cm³/mol. The normalized spacial score (nSPS) is 11.6. The highest BCUT2D eigenvalue weighted by Gasteiger charge is 2.29. The molecule has 0 unspecified atom stereocenters. The summed E-state index contributed by atoms with van der Waals surface area (Å²) in [5.41, 5.74) is 1.01. The van der Waals surface area contributed by atoms with Gasteiger partial charge in [0.25, 0.3) is 0 Å². The molecule has 1 heterocycles. The average molecular weight is 570 g/mol. The molecule has 3 aromatic carbocycles. The van der Waals surface area contributed by atoms with Crippen LogP contribution in [0.1, 0.15) is 12.0 Å². The highest BCUT2D eigenvalue weighted by atomic mass is 32.2. The van der Waals surface area contributed by atoms with Crippen LogP contribution in [-0.4, -0.2) is 34.9 Å². The first kappa shape index (κ1) is 27.9. The van der Waals surface area contributed by atoms with E-state index in [2.05, 4.69) is 4.74 Å². The summed E-state index contributed by atoms with van der Waals surface area (Å²) in [4.78, 5) is 12.0. The third-order valence-electron chi connectivity index (χ3n) is 5.73. The van der Waals surface area contributed by atoms with E-state index in [1.165, 1.54) is 32.4 Å². The van der Waals surface area contributed by atoms with Crippen LogP contribution in [0.3, 0.4) is 0 Å². The minimum Gasteiger partial charge on any atom is -0.493 e. The highest BCUT2D eigenvalue weighted by Crippen LogP contribution is 2.40.